The van der Waals surface area contributed by atoms with Crippen LogP contribution in [0.5, 0.6) is 5.75 Å². The van der Waals surface area contributed by atoms with Gasteiger partial charge in [0, 0.05) is 6.92 Å². The molecule has 3 aromatic rings. The van der Waals surface area contributed by atoms with Gasteiger partial charge >= 0.3 is 23.0 Å². The standard InChI is InChI=1S/C16H15O2.C5H5.Fe/c1-3-13-8-9-16(18-12(2)17)15(10-13)11-14-6-4-5-7-14;1-2-4-5-3-1;/h3-10H,1,11H2,2H3;1-5H;/q2*-1;+2. The normalized spacial score (nSPS) is 9.21. The van der Waals surface area contributed by atoms with Gasteiger partial charge in [-0.05, 0) is 29.7 Å². The van der Waals surface area contributed by atoms with Gasteiger partial charge < -0.3 is 4.74 Å². The van der Waals surface area contributed by atoms with E-state index in [0.717, 1.165) is 17.5 Å². The fraction of sp³-hybridized carbons (Fsp3) is 0.0952. The molecule has 0 bridgehead atoms. The molecule has 0 fully saturated rings. The number of ether oxygens (including phenoxy) is 1. The Morgan fingerprint density at radius 1 is 1.17 bits per heavy atom. The third-order valence-corrected chi connectivity index (χ3v) is 3.26. The first-order valence-corrected chi connectivity index (χ1v) is 7.50. The summed E-state index contributed by atoms with van der Waals surface area (Å²) in [5.74, 6) is 0.319. The minimum absolute atomic E-state index is 0. The Bertz CT molecular complexity index is 708. The van der Waals surface area contributed by atoms with Gasteiger partial charge in [0.15, 0.2) is 0 Å². The molecule has 0 aliphatic carbocycles. The van der Waals surface area contributed by atoms with Crippen LogP contribution >= 0.6 is 0 Å². The summed E-state index contributed by atoms with van der Waals surface area (Å²) in [4.78, 5) is 11.1. The largest absolute Gasteiger partial charge is 2.00 e. The summed E-state index contributed by atoms with van der Waals surface area (Å²) in [6, 6.07) is 23.8. The molecule has 2 nitrogen and oxygen atoms in total. The summed E-state index contributed by atoms with van der Waals surface area (Å²) in [5.41, 5.74) is 3.21. The molecule has 0 atom stereocenters. The molecule has 0 spiro atoms. The zero-order valence-electron chi connectivity index (χ0n) is 13.6. The van der Waals surface area contributed by atoms with Gasteiger partial charge in [-0.3, -0.25) is 4.79 Å². The topological polar surface area (TPSA) is 26.3 Å². The first-order valence-electron chi connectivity index (χ1n) is 7.50. The van der Waals surface area contributed by atoms with Crippen molar-refractivity contribution in [3.05, 3.63) is 96.1 Å². The predicted molar refractivity (Wildman–Crippen MR) is 94.7 cm³/mol. The third kappa shape index (κ3) is 6.41. The van der Waals surface area contributed by atoms with Gasteiger partial charge in [-0.15, -0.1) is 0 Å². The summed E-state index contributed by atoms with van der Waals surface area (Å²) in [5, 5.41) is 0. The van der Waals surface area contributed by atoms with E-state index in [-0.39, 0.29) is 23.0 Å². The summed E-state index contributed by atoms with van der Waals surface area (Å²) in [7, 11) is 0. The molecule has 0 heterocycles. The molecular formula is C21H20FeO2. The molecule has 0 saturated carbocycles. The van der Waals surface area contributed by atoms with E-state index in [1.807, 2.05) is 60.7 Å². The number of hydrogen-bond donors (Lipinski definition) is 0. The molecule has 0 N–H and O–H groups in total. The van der Waals surface area contributed by atoms with E-state index >= 15 is 0 Å². The Kier molecular flexibility index (Phi) is 8.56. The summed E-state index contributed by atoms with van der Waals surface area (Å²) in [6.07, 6.45) is 2.53. The number of carbonyl (C=O) groups excluding carboxylic acids is 1. The predicted octanol–water partition coefficient (Wildman–Crippen LogP) is 4.97. The Balaban J connectivity index is 0.000000412. The molecule has 0 unspecified atom stereocenters. The molecule has 0 radical (unpaired) electrons. The summed E-state index contributed by atoms with van der Waals surface area (Å²) >= 11 is 0. The Morgan fingerprint density at radius 2 is 1.92 bits per heavy atom. The van der Waals surface area contributed by atoms with Gasteiger partial charge in [-0.2, -0.15) is 35.9 Å². The summed E-state index contributed by atoms with van der Waals surface area (Å²) < 4.78 is 5.22. The van der Waals surface area contributed by atoms with E-state index in [1.165, 1.54) is 12.5 Å². The number of carbonyl (C=O) groups is 1. The fourth-order valence-corrected chi connectivity index (χ4v) is 2.19. The zero-order chi connectivity index (χ0) is 16.5. The van der Waals surface area contributed by atoms with E-state index in [1.54, 1.807) is 6.08 Å². The average Bonchev–Trinajstić information content (AvgIpc) is 3.24. The van der Waals surface area contributed by atoms with E-state index in [0.29, 0.717) is 5.75 Å². The van der Waals surface area contributed by atoms with Crippen molar-refractivity contribution >= 4 is 12.0 Å². The quantitative estimate of drug-likeness (QED) is 0.284. The average molecular weight is 360 g/mol. The molecular weight excluding hydrogens is 340 g/mol. The van der Waals surface area contributed by atoms with Gasteiger partial charge in [-0.25, -0.2) is 24.3 Å². The Morgan fingerprint density at radius 3 is 2.42 bits per heavy atom. The first kappa shape index (κ1) is 19.7. The summed E-state index contributed by atoms with van der Waals surface area (Å²) in [6.45, 7) is 5.16. The van der Waals surface area contributed by atoms with Crippen molar-refractivity contribution in [2.75, 3.05) is 0 Å². The molecule has 3 rings (SSSR count). The van der Waals surface area contributed by atoms with Crippen LogP contribution in [0.4, 0.5) is 0 Å². The van der Waals surface area contributed by atoms with Crippen molar-refractivity contribution in [1.29, 1.82) is 0 Å². The molecule has 0 aliphatic heterocycles. The minimum Gasteiger partial charge on any atom is -0.426 e. The van der Waals surface area contributed by atoms with Crippen molar-refractivity contribution in [1.82, 2.24) is 0 Å². The molecule has 3 aromatic carbocycles. The molecule has 0 aliphatic rings. The number of esters is 1. The van der Waals surface area contributed by atoms with Crippen LogP contribution in [0, 0.1) is 0 Å². The molecule has 0 aromatic heterocycles. The van der Waals surface area contributed by atoms with E-state index < -0.39 is 0 Å². The maximum atomic E-state index is 11.1. The van der Waals surface area contributed by atoms with Crippen LogP contribution in [-0.2, 0) is 28.3 Å². The second kappa shape index (κ2) is 10.4. The van der Waals surface area contributed by atoms with Gasteiger partial charge in [-0.1, -0.05) is 18.7 Å². The van der Waals surface area contributed by atoms with Gasteiger partial charge in [0.05, 0.1) is 0 Å². The number of hydrogen-bond acceptors (Lipinski definition) is 2. The van der Waals surface area contributed by atoms with Crippen LogP contribution in [-0.4, -0.2) is 5.97 Å². The van der Waals surface area contributed by atoms with Crippen LogP contribution in [0.15, 0.2) is 79.4 Å². The molecule has 24 heavy (non-hydrogen) atoms. The Labute approximate surface area is 154 Å². The second-order valence-electron chi connectivity index (χ2n) is 5.10. The fourth-order valence-electron chi connectivity index (χ4n) is 2.19. The van der Waals surface area contributed by atoms with Crippen LogP contribution < -0.4 is 4.74 Å². The van der Waals surface area contributed by atoms with Crippen molar-refractivity contribution in [3.63, 3.8) is 0 Å². The van der Waals surface area contributed by atoms with Crippen LogP contribution in [0.3, 0.4) is 0 Å². The number of rotatable bonds is 4. The van der Waals surface area contributed by atoms with E-state index in [2.05, 4.69) is 18.7 Å². The van der Waals surface area contributed by atoms with Crippen molar-refractivity contribution < 1.29 is 26.6 Å². The maximum absolute atomic E-state index is 11.1. The van der Waals surface area contributed by atoms with Gasteiger partial charge in [0.2, 0.25) is 0 Å². The zero-order valence-corrected chi connectivity index (χ0v) is 14.7. The minimum atomic E-state index is -0.301. The second-order valence-corrected chi connectivity index (χ2v) is 5.10. The Hall–Kier alpha value is -2.35. The SMILES string of the molecule is C=Cc1ccc(OC(C)=O)c(Cc2ccc[cH-]2)c1.[Fe+2].c1cc[cH-]c1. The molecule has 0 amide bonds. The molecule has 3 heteroatoms. The van der Waals surface area contributed by atoms with E-state index in [4.69, 9.17) is 4.74 Å². The molecule has 0 saturated heterocycles. The van der Waals surface area contributed by atoms with Crippen LogP contribution in [0.1, 0.15) is 23.6 Å². The van der Waals surface area contributed by atoms with Crippen molar-refractivity contribution in [2.24, 2.45) is 0 Å². The third-order valence-electron chi connectivity index (χ3n) is 3.26. The number of benzene rings is 1. The first-order chi connectivity index (χ1) is 11.2. The monoisotopic (exact) mass is 360 g/mol. The van der Waals surface area contributed by atoms with Gasteiger partial charge in [0.25, 0.3) is 0 Å². The molecule has 124 valence electrons. The van der Waals surface area contributed by atoms with Gasteiger partial charge in [0.1, 0.15) is 5.75 Å². The van der Waals surface area contributed by atoms with Crippen molar-refractivity contribution in [3.8, 4) is 5.75 Å². The van der Waals surface area contributed by atoms with Crippen LogP contribution in [0.2, 0.25) is 0 Å². The van der Waals surface area contributed by atoms with E-state index in [9.17, 15) is 4.79 Å². The van der Waals surface area contributed by atoms with Crippen molar-refractivity contribution in [2.45, 2.75) is 13.3 Å². The van der Waals surface area contributed by atoms with Crippen LogP contribution in [0.25, 0.3) is 6.08 Å². The smallest absolute Gasteiger partial charge is 0.426 e. The maximum Gasteiger partial charge on any atom is 2.00 e.